The van der Waals surface area contributed by atoms with Crippen molar-refractivity contribution < 1.29 is 4.70 Å². The van der Waals surface area contributed by atoms with Gasteiger partial charge in [0, 0.05) is 5.92 Å². The van der Waals surface area contributed by atoms with E-state index in [9.17, 15) is 0 Å². The highest BCUT2D eigenvalue weighted by Gasteiger charge is 2.30. The number of aryl methyl sites for hydroxylation is 1. The number of halogens is 1. The van der Waals surface area contributed by atoms with Crippen LogP contribution in [0.15, 0.2) is 18.2 Å². The van der Waals surface area contributed by atoms with Crippen LogP contribution in [0.3, 0.4) is 0 Å². The first-order valence-electron chi connectivity index (χ1n) is 7.81. The molecule has 23 heavy (non-hydrogen) atoms. The molecule has 0 fully saturated rings. The third-order valence-corrected chi connectivity index (χ3v) is 4.22. The molecule has 1 heterocycles. The lowest BCUT2D eigenvalue weighted by Gasteiger charge is -2.19. The van der Waals surface area contributed by atoms with Crippen LogP contribution in [0, 0.1) is 12.8 Å². The highest BCUT2D eigenvalue weighted by atomic mass is 19.0. The van der Waals surface area contributed by atoms with E-state index in [0.29, 0.717) is 11.9 Å². The lowest BCUT2D eigenvalue weighted by molar-refractivity contribution is 0.538. The fourth-order valence-electron chi connectivity index (χ4n) is 3.05. The molecule has 0 aliphatic heterocycles. The molecule has 0 radical (unpaired) electrons. The summed E-state index contributed by atoms with van der Waals surface area (Å²) >= 11 is 0. The molecule has 1 aliphatic carbocycles. The minimum atomic E-state index is 0. The van der Waals surface area contributed by atoms with Crippen LogP contribution >= 0.6 is 0 Å². The fourth-order valence-corrected chi connectivity index (χ4v) is 3.05. The van der Waals surface area contributed by atoms with Gasteiger partial charge in [-0.25, -0.2) is 0 Å². The summed E-state index contributed by atoms with van der Waals surface area (Å²) in [5, 5.41) is 3.47. The van der Waals surface area contributed by atoms with Crippen LogP contribution in [0.4, 0.5) is 16.6 Å². The Balaban J connectivity index is 0.00000192. The van der Waals surface area contributed by atoms with Gasteiger partial charge >= 0.3 is 0 Å². The summed E-state index contributed by atoms with van der Waals surface area (Å²) in [7, 11) is 0. The van der Waals surface area contributed by atoms with E-state index < -0.39 is 0 Å². The number of anilines is 2. The van der Waals surface area contributed by atoms with Crippen LogP contribution in [0.1, 0.15) is 55.2 Å². The molecule has 2 aromatic rings. The van der Waals surface area contributed by atoms with Crippen LogP contribution < -0.4 is 11.1 Å². The number of fused-ring (bicyclic) bond motifs is 1. The Morgan fingerprint density at radius 1 is 1.22 bits per heavy atom. The van der Waals surface area contributed by atoms with Gasteiger partial charge in [0.15, 0.2) is 0 Å². The highest BCUT2D eigenvalue weighted by molar-refractivity contribution is 5.44. The highest BCUT2D eigenvalue weighted by Crippen LogP contribution is 2.38. The SMILES string of the molecule is Cc1ccc2c(c1)[C@H](Nc1nc(N)nc(C(C)C)n1)[C@@H](C)C2.F. The molecule has 1 aromatic heterocycles. The van der Waals surface area contributed by atoms with Gasteiger partial charge in [-0.3, -0.25) is 4.70 Å². The summed E-state index contributed by atoms with van der Waals surface area (Å²) in [6.45, 7) is 8.48. The maximum atomic E-state index is 5.82. The normalized spacial score (nSPS) is 19.3. The van der Waals surface area contributed by atoms with Gasteiger partial charge in [-0.15, -0.1) is 0 Å². The monoisotopic (exact) mass is 317 g/mol. The molecule has 1 aliphatic rings. The average molecular weight is 317 g/mol. The topological polar surface area (TPSA) is 76.7 Å². The standard InChI is InChI=1S/C17H23N5.FH/c1-9(2)15-20-16(18)22-17(21-15)19-14-11(4)8-12-6-5-10(3)7-13(12)14;/h5-7,9,11,14H,8H2,1-4H3,(H3,18,19,20,21,22);1H/t11-,14+;/m0./s1. The van der Waals surface area contributed by atoms with Crippen LogP contribution in [0.2, 0.25) is 0 Å². The lowest BCUT2D eigenvalue weighted by atomic mass is 10.0. The van der Waals surface area contributed by atoms with Crippen molar-refractivity contribution >= 4 is 11.9 Å². The predicted molar refractivity (Wildman–Crippen MR) is 91.2 cm³/mol. The number of nitrogens with one attached hydrogen (secondary N) is 1. The van der Waals surface area contributed by atoms with Crippen LogP contribution in [-0.2, 0) is 6.42 Å². The molecule has 3 rings (SSSR count). The minimum absolute atomic E-state index is 0. The first-order valence-corrected chi connectivity index (χ1v) is 7.81. The predicted octanol–water partition coefficient (Wildman–Crippen LogP) is 3.38. The number of nitrogens with two attached hydrogens (primary N) is 1. The molecule has 1 aromatic carbocycles. The van der Waals surface area contributed by atoms with Gasteiger partial charge in [-0.05, 0) is 30.4 Å². The molecule has 0 saturated heterocycles. The molecule has 6 heteroatoms. The Labute approximate surface area is 136 Å². The minimum Gasteiger partial charge on any atom is -0.368 e. The molecular formula is C17H24FN5. The van der Waals surface area contributed by atoms with Crippen molar-refractivity contribution in [3.63, 3.8) is 0 Å². The van der Waals surface area contributed by atoms with Gasteiger partial charge < -0.3 is 11.1 Å². The Kier molecular flexibility index (Phi) is 4.82. The van der Waals surface area contributed by atoms with Crippen molar-refractivity contribution in [3.05, 3.63) is 40.7 Å². The van der Waals surface area contributed by atoms with E-state index in [-0.39, 0.29) is 22.6 Å². The van der Waals surface area contributed by atoms with Gasteiger partial charge in [-0.1, -0.05) is 44.5 Å². The Morgan fingerprint density at radius 2 is 1.96 bits per heavy atom. The number of benzene rings is 1. The zero-order chi connectivity index (χ0) is 15.9. The van der Waals surface area contributed by atoms with E-state index >= 15 is 0 Å². The lowest BCUT2D eigenvalue weighted by Crippen LogP contribution is -2.18. The molecule has 0 spiro atoms. The molecule has 124 valence electrons. The molecule has 0 unspecified atom stereocenters. The van der Waals surface area contributed by atoms with E-state index in [1.165, 1.54) is 16.7 Å². The van der Waals surface area contributed by atoms with Crippen LogP contribution in [0.5, 0.6) is 0 Å². The van der Waals surface area contributed by atoms with Crippen molar-refractivity contribution in [1.82, 2.24) is 15.0 Å². The summed E-state index contributed by atoms with van der Waals surface area (Å²) in [6, 6.07) is 6.87. The number of nitrogens with zero attached hydrogens (tertiary/aromatic N) is 3. The Bertz CT molecular complexity index is 701. The van der Waals surface area contributed by atoms with Gasteiger partial charge in [0.25, 0.3) is 0 Å². The van der Waals surface area contributed by atoms with E-state index in [1.807, 2.05) is 0 Å². The van der Waals surface area contributed by atoms with Gasteiger partial charge in [0.1, 0.15) is 5.82 Å². The van der Waals surface area contributed by atoms with Gasteiger partial charge in [0.2, 0.25) is 11.9 Å². The maximum Gasteiger partial charge on any atom is 0.228 e. The molecule has 2 atom stereocenters. The van der Waals surface area contributed by atoms with Crippen LogP contribution in [0.25, 0.3) is 0 Å². The first-order chi connectivity index (χ1) is 10.4. The van der Waals surface area contributed by atoms with E-state index in [4.69, 9.17) is 5.73 Å². The largest absolute Gasteiger partial charge is 0.368 e. The first kappa shape index (κ1) is 17.1. The smallest absolute Gasteiger partial charge is 0.228 e. The van der Waals surface area contributed by atoms with Crippen molar-refractivity contribution in [2.45, 2.75) is 46.1 Å². The summed E-state index contributed by atoms with van der Waals surface area (Å²) < 4.78 is 0. The van der Waals surface area contributed by atoms with E-state index in [2.05, 4.69) is 66.2 Å². The van der Waals surface area contributed by atoms with E-state index in [1.54, 1.807) is 0 Å². The molecular weight excluding hydrogens is 293 g/mol. The number of hydrogen-bond donors (Lipinski definition) is 2. The van der Waals surface area contributed by atoms with Gasteiger partial charge in [-0.2, -0.15) is 15.0 Å². The molecule has 3 N–H and O–H groups in total. The zero-order valence-corrected chi connectivity index (χ0v) is 14.0. The summed E-state index contributed by atoms with van der Waals surface area (Å²) in [5.41, 5.74) is 9.85. The zero-order valence-electron chi connectivity index (χ0n) is 14.0. The third kappa shape index (κ3) is 3.41. The van der Waals surface area contributed by atoms with Crippen molar-refractivity contribution in [3.8, 4) is 0 Å². The molecule has 0 amide bonds. The summed E-state index contributed by atoms with van der Waals surface area (Å²) in [6.07, 6.45) is 1.07. The number of aromatic nitrogens is 3. The van der Waals surface area contributed by atoms with Crippen LogP contribution in [-0.4, -0.2) is 15.0 Å². The Morgan fingerprint density at radius 3 is 2.65 bits per heavy atom. The van der Waals surface area contributed by atoms with Crippen molar-refractivity contribution in [2.24, 2.45) is 5.92 Å². The van der Waals surface area contributed by atoms with Gasteiger partial charge in [0.05, 0.1) is 6.04 Å². The quantitative estimate of drug-likeness (QED) is 0.907. The van der Waals surface area contributed by atoms with E-state index in [0.717, 1.165) is 12.2 Å². The Hall–Kier alpha value is -2.24. The summed E-state index contributed by atoms with van der Waals surface area (Å²) in [5.74, 6) is 2.29. The number of rotatable bonds is 3. The maximum absolute atomic E-state index is 5.82. The third-order valence-electron chi connectivity index (χ3n) is 4.22. The fraction of sp³-hybridized carbons (Fsp3) is 0.471. The number of hydrogen-bond acceptors (Lipinski definition) is 5. The molecule has 0 saturated carbocycles. The summed E-state index contributed by atoms with van der Waals surface area (Å²) in [4.78, 5) is 13.0. The van der Waals surface area contributed by atoms with Crippen molar-refractivity contribution in [1.29, 1.82) is 0 Å². The number of nitrogen functional groups attached to an aromatic ring is 1. The van der Waals surface area contributed by atoms with Crippen molar-refractivity contribution in [2.75, 3.05) is 11.1 Å². The second kappa shape index (κ2) is 6.48. The molecule has 5 nitrogen and oxygen atoms in total. The second-order valence-corrected chi connectivity index (χ2v) is 6.54. The second-order valence-electron chi connectivity index (χ2n) is 6.54. The average Bonchev–Trinajstić information content (AvgIpc) is 2.74. The molecule has 0 bridgehead atoms.